The van der Waals surface area contributed by atoms with Crippen molar-refractivity contribution in [3.05, 3.63) is 42.2 Å². The van der Waals surface area contributed by atoms with Crippen molar-refractivity contribution in [2.75, 3.05) is 13.2 Å². The zero-order valence-electron chi connectivity index (χ0n) is 14.4. The van der Waals surface area contributed by atoms with E-state index in [0.717, 1.165) is 4.90 Å². The molecule has 2 amide bonds. The summed E-state index contributed by atoms with van der Waals surface area (Å²) in [5.41, 5.74) is 0. The van der Waals surface area contributed by atoms with Gasteiger partial charge >= 0.3 is 5.97 Å². The number of rotatable bonds is 6. The van der Waals surface area contributed by atoms with Crippen LogP contribution in [0.1, 0.15) is 19.8 Å². The first-order valence-electron chi connectivity index (χ1n) is 8.56. The Morgan fingerprint density at radius 3 is 2.38 bits per heavy atom. The SMILES string of the molecule is C[C@@H](C(=O)OCCOc1ccccc1F)N1C(=O)[C@H]2CC=CC[C@@H]2C1=O. The third-order valence-electron chi connectivity index (χ3n) is 4.69. The van der Waals surface area contributed by atoms with E-state index in [2.05, 4.69) is 0 Å². The summed E-state index contributed by atoms with van der Waals surface area (Å²) in [4.78, 5) is 38.1. The van der Waals surface area contributed by atoms with Crippen molar-refractivity contribution >= 4 is 17.8 Å². The van der Waals surface area contributed by atoms with E-state index in [0.29, 0.717) is 12.8 Å². The highest BCUT2D eigenvalue weighted by molar-refractivity contribution is 6.08. The molecule has 1 aromatic carbocycles. The maximum absolute atomic E-state index is 13.4. The van der Waals surface area contributed by atoms with Crippen LogP contribution in [0.4, 0.5) is 4.39 Å². The molecule has 26 heavy (non-hydrogen) atoms. The Morgan fingerprint density at radius 2 is 1.77 bits per heavy atom. The number of benzene rings is 1. The second kappa shape index (κ2) is 7.68. The number of likely N-dealkylation sites (tertiary alicyclic amines) is 1. The lowest BCUT2D eigenvalue weighted by molar-refractivity contribution is -0.158. The highest BCUT2D eigenvalue weighted by Gasteiger charge is 2.50. The summed E-state index contributed by atoms with van der Waals surface area (Å²) in [5, 5.41) is 0. The number of ether oxygens (including phenoxy) is 2. The molecular weight excluding hydrogens is 341 g/mol. The number of hydrogen-bond donors (Lipinski definition) is 0. The summed E-state index contributed by atoms with van der Waals surface area (Å²) in [5.74, 6) is -2.53. The topological polar surface area (TPSA) is 72.9 Å². The first-order valence-corrected chi connectivity index (χ1v) is 8.56. The van der Waals surface area contributed by atoms with E-state index >= 15 is 0 Å². The molecule has 1 fully saturated rings. The Kier molecular flexibility index (Phi) is 5.35. The molecular formula is C19H20FNO5. The molecule has 3 rings (SSSR count). The fourth-order valence-electron chi connectivity index (χ4n) is 3.29. The average molecular weight is 361 g/mol. The quantitative estimate of drug-likeness (QED) is 0.336. The standard InChI is InChI=1S/C19H20FNO5/c1-12(21-17(22)13-6-2-3-7-14(13)18(21)23)19(24)26-11-10-25-16-9-5-4-8-15(16)20/h2-5,8-9,12-14H,6-7,10-11H2,1H3/t12-,13-,14-/m0/s1. The summed E-state index contributed by atoms with van der Waals surface area (Å²) < 4.78 is 23.7. The number of imide groups is 1. The van der Waals surface area contributed by atoms with Crippen molar-refractivity contribution in [2.24, 2.45) is 11.8 Å². The summed E-state index contributed by atoms with van der Waals surface area (Å²) in [7, 11) is 0. The monoisotopic (exact) mass is 361 g/mol. The third-order valence-corrected chi connectivity index (χ3v) is 4.69. The second-order valence-corrected chi connectivity index (χ2v) is 6.32. The van der Waals surface area contributed by atoms with Gasteiger partial charge in [-0.1, -0.05) is 24.3 Å². The molecule has 1 heterocycles. The average Bonchev–Trinajstić information content (AvgIpc) is 2.90. The second-order valence-electron chi connectivity index (χ2n) is 6.32. The van der Waals surface area contributed by atoms with Gasteiger partial charge in [-0.2, -0.15) is 0 Å². The van der Waals surface area contributed by atoms with E-state index in [9.17, 15) is 18.8 Å². The van der Waals surface area contributed by atoms with Gasteiger partial charge in [-0.25, -0.2) is 9.18 Å². The molecule has 0 saturated carbocycles. The van der Waals surface area contributed by atoms with Crippen LogP contribution in [-0.4, -0.2) is 41.9 Å². The molecule has 0 N–H and O–H groups in total. The van der Waals surface area contributed by atoms with Crippen LogP contribution >= 0.6 is 0 Å². The van der Waals surface area contributed by atoms with Crippen LogP contribution in [0.2, 0.25) is 0 Å². The van der Waals surface area contributed by atoms with E-state index in [4.69, 9.17) is 9.47 Å². The molecule has 0 aromatic heterocycles. The third kappa shape index (κ3) is 3.47. The van der Waals surface area contributed by atoms with Crippen molar-refractivity contribution in [1.29, 1.82) is 0 Å². The highest BCUT2D eigenvalue weighted by Crippen LogP contribution is 2.36. The Labute approximate surface area is 150 Å². The van der Waals surface area contributed by atoms with Crippen molar-refractivity contribution < 1.29 is 28.2 Å². The summed E-state index contributed by atoms with van der Waals surface area (Å²) in [6.45, 7) is 1.33. The number of halogens is 1. The van der Waals surface area contributed by atoms with Crippen LogP contribution < -0.4 is 4.74 Å². The molecule has 2 aliphatic rings. The molecule has 1 aliphatic heterocycles. The van der Waals surface area contributed by atoms with E-state index in [-0.39, 0.29) is 42.6 Å². The van der Waals surface area contributed by atoms with Crippen molar-refractivity contribution in [1.82, 2.24) is 4.90 Å². The van der Waals surface area contributed by atoms with Gasteiger partial charge in [0.15, 0.2) is 11.6 Å². The molecule has 138 valence electrons. The van der Waals surface area contributed by atoms with Gasteiger partial charge in [0.1, 0.15) is 19.3 Å². The van der Waals surface area contributed by atoms with Gasteiger partial charge < -0.3 is 9.47 Å². The van der Waals surface area contributed by atoms with Gasteiger partial charge in [0.05, 0.1) is 11.8 Å². The van der Waals surface area contributed by atoms with Crippen LogP contribution in [0, 0.1) is 17.7 Å². The van der Waals surface area contributed by atoms with Crippen molar-refractivity contribution in [2.45, 2.75) is 25.8 Å². The fraction of sp³-hybridized carbons (Fsp3) is 0.421. The minimum Gasteiger partial charge on any atom is -0.487 e. The Bertz CT molecular complexity index is 721. The molecule has 1 aliphatic carbocycles. The number of carbonyl (C=O) groups is 3. The molecule has 0 spiro atoms. The molecule has 6 nitrogen and oxygen atoms in total. The van der Waals surface area contributed by atoms with E-state index in [1.807, 2.05) is 12.2 Å². The van der Waals surface area contributed by atoms with Crippen LogP contribution in [-0.2, 0) is 19.1 Å². The largest absolute Gasteiger partial charge is 0.487 e. The maximum Gasteiger partial charge on any atom is 0.329 e. The minimum absolute atomic E-state index is 0.0313. The van der Waals surface area contributed by atoms with E-state index in [1.165, 1.54) is 19.1 Å². The number of allylic oxidation sites excluding steroid dienone is 2. The van der Waals surface area contributed by atoms with Gasteiger partial charge in [0.25, 0.3) is 0 Å². The minimum atomic E-state index is -0.992. The summed E-state index contributed by atoms with van der Waals surface area (Å²) in [6, 6.07) is 4.92. The van der Waals surface area contributed by atoms with E-state index < -0.39 is 17.8 Å². The van der Waals surface area contributed by atoms with Crippen molar-refractivity contribution in [3.63, 3.8) is 0 Å². The van der Waals surface area contributed by atoms with Crippen LogP contribution in [0.5, 0.6) is 5.75 Å². The van der Waals surface area contributed by atoms with Crippen LogP contribution in [0.25, 0.3) is 0 Å². The Morgan fingerprint density at radius 1 is 1.15 bits per heavy atom. The van der Waals surface area contributed by atoms with Gasteiger partial charge in [-0.15, -0.1) is 0 Å². The molecule has 7 heteroatoms. The molecule has 0 unspecified atom stereocenters. The van der Waals surface area contributed by atoms with Crippen LogP contribution in [0.3, 0.4) is 0 Å². The fourth-order valence-corrected chi connectivity index (χ4v) is 3.29. The lowest BCUT2D eigenvalue weighted by Crippen LogP contribution is -2.44. The number of fused-ring (bicyclic) bond motifs is 1. The lowest BCUT2D eigenvalue weighted by Gasteiger charge is -2.21. The number of carbonyl (C=O) groups excluding carboxylic acids is 3. The number of nitrogens with zero attached hydrogens (tertiary/aromatic N) is 1. The van der Waals surface area contributed by atoms with Gasteiger partial charge in [-0.05, 0) is 31.9 Å². The maximum atomic E-state index is 13.4. The molecule has 0 radical (unpaired) electrons. The predicted octanol–water partition coefficient (Wildman–Crippen LogP) is 2.09. The molecule has 1 saturated heterocycles. The van der Waals surface area contributed by atoms with Gasteiger partial charge in [0, 0.05) is 0 Å². The lowest BCUT2D eigenvalue weighted by atomic mass is 9.85. The van der Waals surface area contributed by atoms with Crippen molar-refractivity contribution in [3.8, 4) is 5.75 Å². The number of hydrogen-bond acceptors (Lipinski definition) is 5. The summed E-state index contributed by atoms with van der Waals surface area (Å²) in [6.07, 6.45) is 4.81. The van der Waals surface area contributed by atoms with Gasteiger partial charge in [-0.3, -0.25) is 14.5 Å². The molecule has 0 bridgehead atoms. The first kappa shape index (κ1) is 18.1. The number of para-hydroxylation sites is 1. The predicted molar refractivity (Wildman–Crippen MR) is 89.5 cm³/mol. The zero-order chi connectivity index (χ0) is 18.7. The van der Waals surface area contributed by atoms with Crippen LogP contribution in [0.15, 0.2) is 36.4 Å². The summed E-state index contributed by atoms with van der Waals surface area (Å²) >= 11 is 0. The zero-order valence-corrected chi connectivity index (χ0v) is 14.4. The Balaban J connectivity index is 1.51. The number of esters is 1. The number of amides is 2. The smallest absolute Gasteiger partial charge is 0.329 e. The normalized spacial score (nSPS) is 22.9. The Hall–Kier alpha value is -2.70. The van der Waals surface area contributed by atoms with Gasteiger partial charge in [0.2, 0.25) is 11.8 Å². The first-order chi connectivity index (χ1) is 12.5. The highest BCUT2D eigenvalue weighted by atomic mass is 19.1. The molecule has 1 aromatic rings. The van der Waals surface area contributed by atoms with E-state index in [1.54, 1.807) is 12.1 Å². The molecule has 3 atom stereocenters.